The van der Waals surface area contributed by atoms with Gasteiger partial charge in [0.2, 0.25) is 5.95 Å². The van der Waals surface area contributed by atoms with Gasteiger partial charge in [0.1, 0.15) is 10.8 Å². The number of halogens is 1. The van der Waals surface area contributed by atoms with E-state index in [1.807, 2.05) is 35.0 Å². The molecule has 1 aromatic carbocycles. The molecule has 1 spiro atoms. The lowest BCUT2D eigenvalue weighted by Gasteiger charge is -2.42. The number of benzene rings is 1. The number of fused-ring (bicyclic) bond motifs is 3. The van der Waals surface area contributed by atoms with E-state index >= 15 is 0 Å². The molecule has 5 heterocycles. The second-order valence-electron chi connectivity index (χ2n) is 9.42. The van der Waals surface area contributed by atoms with Crippen molar-refractivity contribution in [2.24, 2.45) is 11.1 Å². The molecular formula is C25H23FN8S. The molecule has 1 fully saturated rings. The van der Waals surface area contributed by atoms with E-state index in [0.717, 1.165) is 59.4 Å². The van der Waals surface area contributed by atoms with Gasteiger partial charge in [-0.3, -0.25) is 0 Å². The summed E-state index contributed by atoms with van der Waals surface area (Å²) in [6, 6.07) is 8.93. The molecule has 0 bridgehead atoms. The maximum Gasteiger partial charge on any atom is 0.206 e. The van der Waals surface area contributed by atoms with Crippen molar-refractivity contribution in [1.29, 1.82) is 0 Å². The third-order valence-corrected chi connectivity index (χ3v) is 8.42. The van der Waals surface area contributed by atoms with Crippen LogP contribution >= 0.6 is 11.8 Å². The zero-order valence-electron chi connectivity index (χ0n) is 18.9. The van der Waals surface area contributed by atoms with Gasteiger partial charge in [0.05, 0.1) is 11.1 Å². The number of aromatic nitrogens is 6. The SMILES string of the molecule is N[C@@H]1c2cc(F)ccc2CC12CCN(c1nc3ncc(Sc4cccn5ccnc45)nc3[nH]1)CC2. The maximum atomic E-state index is 13.8. The van der Waals surface area contributed by atoms with Gasteiger partial charge in [0, 0.05) is 37.7 Å². The minimum Gasteiger partial charge on any atom is -0.342 e. The van der Waals surface area contributed by atoms with Gasteiger partial charge in [-0.1, -0.05) is 17.8 Å². The molecule has 0 radical (unpaired) electrons. The van der Waals surface area contributed by atoms with Crippen LogP contribution in [0.5, 0.6) is 0 Å². The summed E-state index contributed by atoms with van der Waals surface area (Å²) in [5.41, 5.74) is 10.9. The molecule has 5 aromatic rings. The van der Waals surface area contributed by atoms with E-state index in [9.17, 15) is 4.39 Å². The van der Waals surface area contributed by atoms with Crippen LogP contribution in [0.3, 0.4) is 0 Å². The van der Waals surface area contributed by atoms with Crippen LogP contribution in [0.15, 0.2) is 65.0 Å². The van der Waals surface area contributed by atoms with E-state index in [1.165, 1.54) is 23.4 Å². The standard InChI is InChI=1S/C25H23FN8S/c26-16-4-3-15-13-25(20(27)17(15)12-16)5-9-34(10-6-25)24-31-21-22(32-24)30-19(14-29-21)35-18-2-1-8-33-11-7-28-23(18)33/h1-4,7-8,11-12,14,20H,5-6,9-10,13,27H2,(H,29,30,31,32)/t20-/m1/s1. The van der Waals surface area contributed by atoms with Crippen LogP contribution in [0.1, 0.15) is 30.0 Å². The number of pyridine rings is 1. The number of hydrogen-bond donors (Lipinski definition) is 2. The van der Waals surface area contributed by atoms with E-state index in [0.29, 0.717) is 11.3 Å². The van der Waals surface area contributed by atoms with Crippen molar-refractivity contribution < 1.29 is 4.39 Å². The maximum absolute atomic E-state index is 13.8. The van der Waals surface area contributed by atoms with Gasteiger partial charge in [-0.05, 0) is 60.1 Å². The number of nitrogens with two attached hydrogens (primary N) is 1. The topological polar surface area (TPSA) is 101 Å². The Hall–Kier alpha value is -3.50. The number of piperidine rings is 1. The number of aromatic amines is 1. The van der Waals surface area contributed by atoms with Crippen LogP contribution in [0.2, 0.25) is 0 Å². The number of hydrogen-bond acceptors (Lipinski definition) is 7. The third kappa shape index (κ3) is 3.39. The molecule has 7 rings (SSSR count). The van der Waals surface area contributed by atoms with E-state index in [1.54, 1.807) is 18.5 Å². The van der Waals surface area contributed by atoms with Crippen molar-refractivity contribution in [2.75, 3.05) is 18.0 Å². The molecule has 3 N–H and O–H groups in total. The van der Waals surface area contributed by atoms with Crippen LogP contribution in [-0.2, 0) is 6.42 Å². The zero-order valence-corrected chi connectivity index (χ0v) is 19.7. The monoisotopic (exact) mass is 486 g/mol. The molecule has 176 valence electrons. The van der Waals surface area contributed by atoms with Crippen molar-refractivity contribution in [3.8, 4) is 0 Å². The quantitative estimate of drug-likeness (QED) is 0.395. The highest BCUT2D eigenvalue weighted by atomic mass is 32.2. The molecule has 0 saturated carbocycles. The van der Waals surface area contributed by atoms with Gasteiger partial charge < -0.3 is 20.0 Å². The van der Waals surface area contributed by atoms with Crippen LogP contribution < -0.4 is 10.6 Å². The number of nitrogens with one attached hydrogen (secondary N) is 1. The fourth-order valence-electron chi connectivity index (χ4n) is 5.57. The fraction of sp³-hybridized carbons (Fsp3) is 0.280. The minimum atomic E-state index is -0.213. The molecule has 4 aromatic heterocycles. The molecule has 35 heavy (non-hydrogen) atoms. The Kier molecular flexibility index (Phi) is 4.62. The highest BCUT2D eigenvalue weighted by Crippen LogP contribution is 2.51. The van der Waals surface area contributed by atoms with Crippen LogP contribution in [-0.4, -0.2) is 42.4 Å². The summed E-state index contributed by atoms with van der Waals surface area (Å²) in [6.07, 6.45) is 10.2. The first-order valence-corrected chi connectivity index (χ1v) is 12.5. The molecule has 0 unspecified atom stereocenters. The van der Waals surface area contributed by atoms with Gasteiger partial charge in [-0.25, -0.2) is 19.3 Å². The first-order valence-electron chi connectivity index (χ1n) is 11.7. The third-order valence-electron chi connectivity index (χ3n) is 7.47. The molecule has 8 nitrogen and oxygen atoms in total. The Labute approximate surface area is 204 Å². The van der Waals surface area contributed by atoms with Crippen molar-refractivity contribution >= 4 is 34.7 Å². The average Bonchev–Trinajstić information content (AvgIpc) is 3.58. The number of H-pyrrole nitrogens is 1. The van der Waals surface area contributed by atoms with Crippen molar-refractivity contribution in [2.45, 2.75) is 35.2 Å². The van der Waals surface area contributed by atoms with Gasteiger partial charge in [0.25, 0.3) is 0 Å². The normalized spacial score (nSPS) is 19.1. The zero-order chi connectivity index (χ0) is 23.6. The van der Waals surface area contributed by atoms with Crippen molar-refractivity contribution in [1.82, 2.24) is 29.3 Å². The molecule has 2 aliphatic rings. The Morgan fingerprint density at radius 1 is 1.11 bits per heavy atom. The summed E-state index contributed by atoms with van der Waals surface area (Å²) < 4.78 is 15.8. The molecular weight excluding hydrogens is 463 g/mol. The number of anilines is 1. The Morgan fingerprint density at radius 2 is 2.00 bits per heavy atom. The van der Waals surface area contributed by atoms with Gasteiger partial charge in [0.15, 0.2) is 16.9 Å². The highest BCUT2D eigenvalue weighted by molar-refractivity contribution is 7.99. The summed E-state index contributed by atoms with van der Waals surface area (Å²) in [6.45, 7) is 1.65. The molecule has 1 aliphatic carbocycles. The minimum absolute atomic E-state index is 0.0210. The van der Waals surface area contributed by atoms with Crippen LogP contribution in [0.4, 0.5) is 10.3 Å². The Bertz CT molecular complexity index is 1570. The summed E-state index contributed by atoms with van der Waals surface area (Å²) in [7, 11) is 0. The lowest BCUT2D eigenvalue weighted by atomic mass is 9.73. The lowest BCUT2D eigenvalue weighted by molar-refractivity contribution is 0.187. The second kappa shape index (κ2) is 7.76. The fourth-order valence-corrected chi connectivity index (χ4v) is 6.43. The largest absolute Gasteiger partial charge is 0.342 e. The summed E-state index contributed by atoms with van der Waals surface area (Å²) in [5.74, 6) is 0.567. The van der Waals surface area contributed by atoms with Crippen molar-refractivity contribution in [3.05, 3.63) is 72.1 Å². The molecule has 1 saturated heterocycles. The van der Waals surface area contributed by atoms with Crippen LogP contribution in [0, 0.1) is 11.2 Å². The second-order valence-corrected chi connectivity index (χ2v) is 10.5. The molecule has 1 atom stereocenters. The van der Waals surface area contributed by atoms with Crippen molar-refractivity contribution in [3.63, 3.8) is 0 Å². The Morgan fingerprint density at radius 3 is 2.89 bits per heavy atom. The van der Waals surface area contributed by atoms with Crippen LogP contribution in [0.25, 0.3) is 16.9 Å². The lowest BCUT2D eigenvalue weighted by Crippen LogP contribution is -2.44. The predicted molar refractivity (Wildman–Crippen MR) is 132 cm³/mol. The molecule has 0 amide bonds. The van der Waals surface area contributed by atoms with Gasteiger partial charge in [-0.2, -0.15) is 4.98 Å². The average molecular weight is 487 g/mol. The molecule has 10 heteroatoms. The van der Waals surface area contributed by atoms with E-state index in [4.69, 9.17) is 15.7 Å². The van der Waals surface area contributed by atoms with E-state index in [2.05, 4.69) is 19.9 Å². The summed E-state index contributed by atoms with van der Waals surface area (Å²) >= 11 is 1.53. The Balaban J connectivity index is 1.10. The predicted octanol–water partition coefficient (Wildman–Crippen LogP) is 4.13. The first kappa shape index (κ1) is 20.8. The molecule has 1 aliphatic heterocycles. The van der Waals surface area contributed by atoms with Gasteiger partial charge in [-0.15, -0.1) is 0 Å². The number of nitrogens with zero attached hydrogens (tertiary/aromatic N) is 6. The summed E-state index contributed by atoms with van der Waals surface area (Å²) in [4.78, 5) is 25.1. The highest BCUT2D eigenvalue weighted by Gasteiger charge is 2.46. The number of rotatable bonds is 3. The van der Waals surface area contributed by atoms with Gasteiger partial charge >= 0.3 is 0 Å². The number of imidazole rings is 2. The summed E-state index contributed by atoms with van der Waals surface area (Å²) in [5, 5.41) is 0.781. The first-order chi connectivity index (χ1) is 17.1. The van der Waals surface area contributed by atoms with E-state index in [-0.39, 0.29) is 17.3 Å². The smallest absolute Gasteiger partial charge is 0.206 e. The van der Waals surface area contributed by atoms with E-state index < -0.39 is 0 Å².